The van der Waals surface area contributed by atoms with Gasteiger partial charge in [0.05, 0.1) is 12.7 Å². The summed E-state index contributed by atoms with van der Waals surface area (Å²) in [5.41, 5.74) is 0. The molecule has 0 spiro atoms. The first-order chi connectivity index (χ1) is 12.6. The Labute approximate surface area is 182 Å². The second kappa shape index (κ2) is 14.4. The molecule has 2 fully saturated rings. The van der Waals surface area contributed by atoms with E-state index in [1.54, 1.807) is 19.0 Å². The van der Waals surface area contributed by atoms with Gasteiger partial charge in [0.1, 0.15) is 6.54 Å². The minimum atomic E-state index is 0. The van der Waals surface area contributed by atoms with Crippen molar-refractivity contribution in [2.75, 3.05) is 33.8 Å². The van der Waals surface area contributed by atoms with Crippen LogP contribution in [0, 0.1) is 0 Å². The number of hydrogen-bond acceptors (Lipinski definition) is 3. The number of nitrogens with zero attached hydrogens (tertiary/aromatic N) is 2. The van der Waals surface area contributed by atoms with Gasteiger partial charge in [-0.05, 0) is 25.7 Å². The highest BCUT2D eigenvalue weighted by Gasteiger charge is 2.16. The van der Waals surface area contributed by atoms with Crippen molar-refractivity contribution in [3.63, 3.8) is 0 Å². The van der Waals surface area contributed by atoms with Crippen LogP contribution in [0.15, 0.2) is 4.99 Å². The van der Waals surface area contributed by atoms with Crippen LogP contribution in [-0.2, 0) is 9.53 Å². The molecule has 1 amide bonds. The fourth-order valence-corrected chi connectivity index (χ4v) is 3.68. The van der Waals surface area contributed by atoms with E-state index in [4.69, 9.17) is 4.74 Å². The average molecular weight is 494 g/mol. The quantitative estimate of drug-likeness (QED) is 0.188. The number of nitrogens with one attached hydrogen (secondary N) is 2. The normalized spacial score (nSPS) is 19.7. The van der Waals surface area contributed by atoms with Gasteiger partial charge < -0.3 is 20.3 Å². The molecule has 0 unspecified atom stereocenters. The fraction of sp³-hybridized carbons (Fsp3) is 0.900. The van der Waals surface area contributed by atoms with Crippen molar-refractivity contribution in [2.45, 2.75) is 82.8 Å². The molecule has 0 saturated heterocycles. The van der Waals surface area contributed by atoms with E-state index in [9.17, 15) is 4.79 Å². The van der Waals surface area contributed by atoms with E-state index in [0.717, 1.165) is 12.5 Å². The number of amides is 1. The highest BCUT2D eigenvalue weighted by molar-refractivity contribution is 14.0. The van der Waals surface area contributed by atoms with Gasteiger partial charge >= 0.3 is 0 Å². The molecule has 0 bridgehead atoms. The van der Waals surface area contributed by atoms with Crippen molar-refractivity contribution in [3.8, 4) is 0 Å². The molecule has 0 heterocycles. The lowest BCUT2D eigenvalue weighted by atomic mass is 9.96. The van der Waals surface area contributed by atoms with Gasteiger partial charge in [0.25, 0.3) is 0 Å². The van der Waals surface area contributed by atoms with Gasteiger partial charge in [0.15, 0.2) is 5.96 Å². The van der Waals surface area contributed by atoms with Crippen molar-refractivity contribution >= 4 is 35.8 Å². The summed E-state index contributed by atoms with van der Waals surface area (Å²) in [6.07, 6.45) is 14.3. The van der Waals surface area contributed by atoms with Crippen LogP contribution in [0.1, 0.15) is 70.6 Å². The summed E-state index contributed by atoms with van der Waals surface area (Å²) in [7, 11) is 3.53. The largest absolute Gasteiger partial charge is 0.376 e. The highest BCUT2D eigenvalue weighted by Crippen LogP contribution is 2.19. The number of halogens is 1. The number of hydrogen-bond donors (Lipinski definition) is 2. The molecule has 2 saturated carbocycles. The Bertz CT molecular complexity index is 432. The molecule has 2 aliphatic rings. The summed E-state index contributed by atoms with van der Waals surface area (Å²) in [6.45, 7) is 1.60. The molecule has 0 radical (unpaired) electrons. The average Bonchev–Trinajstić information content (AvgIpc) is 2.92. The summed E-state index contributed by atoms with van der Waals surface area (Å²) in [5.74, 6) is 0.765. The number of likely N-dealkylation sites (N-methyl/N-ethyl adjacent to an activating group) is 1. The van der Waals surface area contributed by atoms with Crippen molar-refractivity contribution in [1.29, 1.82) is 0 Å². The first kappa shape index (κ1) is 24.5. The summed E-state index contributed by atoms with van der Waals surface area (Å²) < 4.78 is 6.05. The molecule has 7 heteroatoms. The van der Waals surface area contributed by atoms with Crippen molar-refractivity contribution in [1.82, 2.24) is 15.5 Å². The third kappa shape index (κ3) is 10.5. The Kier molecular flexibility index (Phi) is 13.1. The number of carbonyl (C=O) groups is 1. The molecule has 0 aromatic carbocycles. The zero-order valence-electron chi connectivity index (χ0n) is 17.2. The molecule has 2 aliphatic carbocycles. The molecule has 0 aromatic heterocycles. The SMILES string of the molecule is CN(C)C(=O)CN=C(NCCOC1CCCCCC1)NC1CCCCC1.I. The molecule has 2 N–H and O–H groups in total. The van der Waals surface area contributed by atoms with Crippen LogP contribution in [0.5, 0.6) is 0 Å². The maximum absolute atomic E-state index is 11.8. The second-order valence-electron chi connectivity index (χ2n) is 7.84. The molecule has 6 nitrogen and oxygen atoms in total. The molecule has 0 aliphatic heterocycles. The Hall–Kier alpha value is -0.570. The molecule has 27 heavy (non-hydrogen) atoms. The Morgan fingerprint density at radius 1 is 1.00 bits per heavy atom. The van der Waals surface area contributed by atoms with Gasteiger partial charge in [0.2, 0.25) is 5.91 Å². The van der Waals surface area contributed by atoms with Crippen LogP contribution >= 0.6 is 24.0 Å². The van der Waals surface area contributed by atoms with Gasteiger partial charge in [-0.1, -0.05) is 44.9 Å². The highest BCUT2D eigenvalue weighted by atomic mass is 127. The Morgan fingerprint density at radius 3 is 2.22 bits per heavy atom. The minimum absolute atomic E-state index is 0. The van der Waals surface area contributed by atoms with E-state index in [2.05, 4.69) is 15.6 Å². The Morgan fingerprint density at radius 2 is 1.59 bits per heavy atom. The molecular formula is C20H39IN4O2. The topological polar surface area (TPSA) is 66.0 Å². The third-order valence-electron chi connectivity index (χ3n) is 5.37. The van der Waals surface area contributed by atoms with Gasteiger partial charge in [-0.15, -0.1) is 24.0 Å². The van der Waals surface area contributed by atoms with Gasteiger partial charge in [0, 0.05) is 26.7 Å². The van der Waals surface area contributed by atoms with E-state index in [1.807, 2.05) is 0 Å². The van der Waals surface area contributed by atoms with Crippen LogP contribution in [0.3, 0.4) is 0 Å². The van der Waals surface area contributed by atoms with E-state index in [-0.39, 0.29) is 36.4 Å². The lowest BCUT2D eigenvalue weighted by Gasteiger charge is -2.25. The van der Waals surface area contributed by atoms with Crippen LogP contribution in [-0.4, -0.2) is 62.7 Å². The maximum Gasteiger partial charge on any atom is 0.243 e. The first-order valence-electron chi connectivity index (χ1n) is 10.5. The van der Waals surface area contributed by atoms with Gasteiger partial charge in [-0.3, -0.25) is 4.79 Å². The van der Waals surface area contributed by atoms with Gasteiger partial charge in [-0.2, -0.15) is 0 Å². The van der Waals surface area contributed by atoms with Crippen LogP contribution in [0.25, 0.3) is 0 Å². The van der Waals surface area contributed by atoms with E-state index >= 15 is 0 Å². The lowest BCUT2D eigenvalue weighted by Crippen LogP contribution is -2.45. The molecule has 0 aromatic rings. The smallest absolute Gasteiger partial charge is 0.243 e. The predicted octanol–water partition coefficient (Wildman–Crippen LogP) is 3.30. The third-order valence-corrected chi connectivity index (χ3v) is 5.37. The number of aliphatic imine (C=N–C) groups is 1. The zero-order valence-corrected chi connectivity index (χ0v) is 19.5. The monoisotopic (exact) mass is 494 g/mol. The standard InChI is InChI=1S/C20H38N4O2.HI/c1-24(2)19(25)16-22-20(23-17-10-6-5-7-11-17)21-14-15-26-18-12-8-3-4-9-13-18;/h17-18H,3-16H2,1-2H3,(H2,21,22,23);1H. The second-order valence-corrected chi connectivity index (χ2v) is 7.84. The fourth-order valence-electron chi connectivity index (χ4n) is 3.68. The van der Waals surface area contributed by atoms with E-state index in [1.165, 1.54) is 70.6 Å². The molecular weight excluding hydrogens is 455 g/mol. The summed E-state index contributed by atoms with van der Waals surface area (Å²) in [5, 5.41) is 6.87. The van der Waals surface area contributed by atoms with E-state index < -0.39 is 0 Å². The summed E-state index contributed by atoms with van der Waals surface area (Å²) in [6, 6.07) is 0.465. The van der Waals surface area contributed by atoms with Crippen LogP contribution < -0.4 is 10.6 Å². The van der Waals surface area contributed by atoms with Crippen molar-refractivity contribution in [3.05, 3.63) is 0 Å². The van der Waals surface area contributed by atoms with Crippen molar-refractivity contribution in [2.24, 2.45) is 4.99 Å². The summed E-state index contributed by atoms with van der Waals surface area (Å²) in [4.78, 5) is 17.9. The minimum Gasteiger partial charge on any atom is -0.376 e. The zero-order chi connectivity index (χ0) is 18.6. The maximum atomic E-state index is 11.8. The number of guanidine groups is 1. The number of rotatable bonds is 7. The summed E-state index contributed by atoms with van der Waals surface area (Å²) >= 11 is 0. The van der Waals surface area contributed by atoms with Crippen LogP contribution in [0.4, 0.5) is 0 Å². The Balaban J connectivity index is 0.00000364. The lowest BCUT2D eigenvalue weighted by molar-refractivity contribution is -0.127. The molecule has 158 valence electrons. The number of ether oxygens (including phenoxy) is 1. The molecule has 0 atom stereocenters. The predicted molar refractivity (Wildman–Crippen MR) is 122 cm³/mol. The first-order valence-corrected chi connectivity index (χ1v) is 10.5. The van der Waals surface area contributed by atoms with Gasteiger partial charge in [-0.25, -0.2) is 4.99 Å². The molecule has 2 rings (SSSR count). The van der Waals surface area contributed by atoms with E-state index in [0.29, 0.717) is 18.8 Å². The van der Waals surface area contributed by atoms with Crippen LogP contribution in [0.2, 0.25) is 0 Å². The number of carbonyl (C=O) groups excluding carboxylic acids is 1. The van der Waals surface area contributed by atoms with Crippen molar-refractivity contribution < 1.29 is 9.53 Å².